The first-order valence-electron chi connectivity index (χ1n) is 3.90. The van der Waals surface area contributed by atoms with Crippen molar-refractivity contribution in [1.82, 2.24) is 0 Å². The average Bonchev–Trinajstić information content (AvgIpc) is 2.07. The molecule has 0 saturated heterocycles. The van der Waals surface area contributed by atoms with Crippen LogP contribution in [0.25, 0.3) is 0 Å². The van der Waals surface area contributed by atoms with Gasteiger partial charge in [0.1, 0.15) is 0 Å². The van der Waals surface area contributed by atoms with Gasteiger partial charge in [-0.1, -0.05) is 18.1 Å². The molecule has 0 amide bonds. The Balaban J connectivity index is 0.000001000. The predicted molar refractivity (Wildman–Crippen MR) is 51.7 cm³/mol. The van der Waals surface area contributed by atoms with Gasteiger partial charge in [0.2, 0.25) is 0 Å². The number of allylic oxidation sites excluding steroid dienone is 4. The molecule has 1 aliphatic rings. The van der Waals surface area contributed by atoms with Crippen molar-refractivity contribution in [2.75, 3.05) is 0 Å². The van der Waals surface area contributed by atoms with Gasteiger partial charge in [-0.3, -0.25) is 0 Å². The first-order chi connectivity index (χ1) is 4.55. The summed E-state index contributed by atoms with van der Waals surface area (Å²) in [5.41, 5.74) is 6.11. The van der Waals surface area contributed by atoms with E-state index in [0.29, 0.717) is 5.92 Å². The third-order valence-electron chi connectivity index (χ3n) is 3.04. The number of hydrogen-bond acceptors (Lipinski definition) is 0. The minimum atomic E-state index is 0. The standard InChI is InChI=1S/C10H16.Na/c1-6-7(2)9(4)10(5)8(6)3;/h6H,1-5H3;. The van der Waals surface area contributed by atoms with E-state index in [9.17, 15) is 0 Å². The van der Waals surface area contributed by atoms with Gasteiger partial charge in [0, 0.05) is 29.6 Å². The molecule has 11 heavy (non-hydrogen) atoms. The molecule has 0 aromatic heterocycles. The van der Waals surface area contributed by atoms with E-state index in [-0.39, 0.29) is 29.6 Å². The molecule has 0 aromatic rings. The summed E-state index contributed by atoms with van der Waals surface area (Å²) in [5.74, 6) is 0.694. The van der Waals surface area contributed by atoms with Crippen LogP contribution in [0.1, 0.15) is 34.6 Å². The van der Waals surface area contributed by atoms with Crippen LogP contribution in [-0.4, -0.2) is 29.6 Å². The molecular weight excluding hydrogens is 143 g/mol. The van der Waals surface area contributed by atoms with Gasteiger partial charge in [-0.2, -0.15) is 0 Å². The summed E-state index contributed by atoms with van der Waals surface area (Å²) < 4.78 is 0. The van der Waals surface area contributed by atoms with Crippen molar-refractivity contribution in [3.05, 3.63) is 22.3 Å². The van der Waals surface area contributed by atoms with Crippen molar-refractivity contribution in [2.24, 2.45) is 5.92 Å². The molecule has 1 heteroatoms. The largest absolute Gasteiger partial charge is 0.0632 e. The van der Waals surface area contributed by atoms with E-state index >= 15 is 0 Å². The van der Waals surface area contributed by atoms with Crippen LogP contribution >= 0.6 is 0 Å². The van der Waals surface area contributed by atoms with Gasteiger partial charge in [-0.15, -0.1) is 0 Å². The van der Waals surface area contributed by atoms with Crippen LogP contribution in [0.15, 0.2) is 22.3 Å². The fourth-order valence-electron chi connectivity index (χ4n) is 1.57. The number of hydrogen-bond donors (Lipinski definition) is 0. The molecule has 0 aromatic carbocycles. The van der Waals surface area contributed by atoms with Gasteiger partial charge in [-0.25, -0.2) is 0 Å². The molecule has 0 spiro atoms. The first kappa shape index (κ1) is 11.5. The molecule has 1 aliphatic carbocycles. The Bertz CT molecular complexity index is 197. The summed E-state index contributed by atoms with van der Waals surface area (Å²) >= 11 is 0. The normalized spacial score (nSPS) is 19.4. The molecule has 0 aliphatic heterocycles. The molecule has 0 saturated carbocycles. The van der Waals surface area contributed by atoms with E-state index in [1.165, 1.54) is 11.1 Å². The van der Waals surface area contributed by atoms with E-state index in [4.69, 9.17) is 0 Å². The van der Waals surface area contributed by atoms with Gasteiger partial charge in [-0.05, 0) is 44.8 Å². The zero-order valence-corrected chi connectivity index (χ0v) is 10.6. The Morgan fingerprint density at radius 3 is 1.18 bits per heavy atom. The second-order valence-corrected chi connectivity index (χ2v) is 3.34. The van der Waals surface area contributed by atoms with E-state index in [1.54, 1.807) is 11.1 Å². The molecule has 0 nitrogen and oxygen atoms in total. The summed E-state index contributed by atoms with van der Waals surface area (Å²) in [4.78, 5) is 0. The van der Waals surface area contributed by atoms with Crippen molar-refractivity contribution in [1.29, 1.82) is 0 Å². The van der Waals surface area contributed by atoms with Crippen LogP contribution in [-0.2, 0) is 0 Å². The predicted octanol–water partition coefficient (Wildman–Crippen LogP) is 2.93. The maximum atomic E-state index is 2.28. The van der Waals surface area contributed by atoms with E-state index in [0.717, 1.165) is 0 Å². The second kappa shape index (κ2) is 3.93. The van der Waals surface area contributed by atoms with Crippen LogP contribution in [0, 0.1) is 5.92 Å². The van der Waals surface area contributed by atoms with E-state index < -0.39 is 0 Å². The van der Waals surface area contributed by atoms with Crippen molar-refractivity contribution in [3.63, 3.8) is 0 Å². The summed E-state index contributed by atoms with van der Waals surface area (Å²) in [7, 11) is 0. The molecule has 0 fully saturated rings. The Hall–Kier alpha value is 0.480. The Labute approximate surface area is 92.1 Å². The maximum absolute atomic E-state index is 2.28. The monoisotopic (exact) mass is 159 g/mol. The summed E-state index contributed by atoms with van der Waals surface area (Å²) in [5, 5.41) is 0. The second-order valence-electron chi connectivity index (χ2n) is 3.34. The molecule has 1 rings (SSSR count). The Kier molecular flexibility index (Phi) is 4.10. The third-order valence-corrected chi connectivity index (χ3v) is 3.04. The van der Waals surface area contributed by atoms with Crippen LogP contribution in [0.3, 0.4) is 0 Å². The minimum absolute atomic E-state index is 0. The van der Waals surface area contributed by atoms with Crippen molar-refractivity contribution >= 4 is 29.6 Å². The van der Waals surface area contributed by atoms with Crippen molar-refractivity contribution in [3.8, 4) is 0 Å². The zero-order valence-electron chi connectivity index (χ0n) is 8.58. The molecule has 0 heterocycles. The Morgan fingerprint density at radius 1 is 0.818 bits per heavy atom. The quantitative estimate of drug-likeness (QED) is 0.477. The molecule has 0 N–H and O–H groups in total. The molecule has 0 atom stereocenters. The molecule has 1 radical (unpaired) electrons. The number of rotatable bonds is 0. The molecule has 57 valence electrons. The van der Waals surface area contributed by atoms with E-state index in [2.05, 4.69) is 34.6 Å². The third kappa shape index (κ3) is 1.80. The van der Waals surface area contributed by atoms with Crippen LogP contribution in [0.5, 0.6) is 0 Å². The summed E-state index contributed by atoms with van der Waals surface area (Å²) in [6.07, 6.45) is 0. The van der Waals surface area contributed by atoms with Gasteiger partial charge < -0.3 is 0 Å². The first-order valence-corrected chi connectivity index (χ1v) is 3.90. The topological polar surface area (TPSA) is 0 Å². The van der Waals surface area contributed by atoms with Crippen LogP contribution < -0.4 is 0 Å². The minimum Gasteiger partial charge on any atom is -0.0632 e. The fourth-order valence-corrected chi connectivity index (χ4v) is 1.57. The summed E-state index contributed by atoms with van der Waals surface area (Å²) in [6.45, 7) is 11.2. The average molecular weight is 159 g/mol. The Morgan fingerprint density at radius 2 is 1.09 bits per heavy atom. The van der Waals surface area contributed by atoms with E-state index in [1.807, 2.05) is 0 Å². The molecular formula is C10H16Na. The van der Waals surface area contributed by atoms with Crippen LogP contribution in [0.4, 0.5) is 0 Å². The smallest absolute Gasteiger partial charge is 0 e. The van der Waals surface area contributed by atoms with Gasteiger partial charge >= 0.3 is 0 Å². The van der Waals surface area contributed by atoms with Crippen molar-refractivity contribution < 1.29 is 0 Å². The van der Waals surface area contributed by atoms with Gasteiger partial charge in [0.05, 0.1) is 0 Å². The van der Waals surface area contributed by atoms with Crippen LogP contribution in [0.2, 0.25) is 0 Å². The van der Waals surface area contributed by atoms with Gasteiger partial charge in [0.15, 0.2) is 0 Å². The maximum Gasteiger partial charge on any atom is 0 e. The molecule has 0 bridgehead atoms. The van der Waals surface area contributed by atoms with Gasteiger partial charge in [0.25, 0.3) is 0 Å². The zero-order chi connectivity index (χ0) is 7.89. The van der Waals surface area contributed by atoms with Crippen molar-refractivity contribution in [2.45, 2.75) is 34.6 Å². The fraction of sp³-hybridized carbons (Fsp3) is 0.600. The SMILES string of the molecule is CC1=C(C)C(C)C(C)=C1C.[Na]. The molecule has 0 unspecified atom stereocenters. The summed E-state index contributed by atoms with van der Waals surface area (Å²) in [6, 6.07) is 0.